The SMILES string of the molecule is CCC(C)N1C(=O)C(=Cc2c(N3CCN(c4cccc(Cl)c4)CC3)nc3ccc(C)cn3c2=O)SC1=S. The zero-order chi connectivity index (χ0) is 26.3. The average molecular weight is 554 g/mol. The molecule has 0 radical (unpaired) electrons. The number of nitrogens with zero attached hydrogens (tertiary/aromatic N) is 5. The standard InChI is InChI=1S/C27H28ClN5O2S2/c1-4-18(3)33-26(35)22(37-27(33)36)15-21-24(29-23-9-8-17(2)16-32(23)25(21)34)31-12-10-30(11-13-31)20-7-5-6-19(28)14-20/h5-9,14-16,18H,4,10-13H2,1-3H3. The topological polar surface area (TPSA) is 61.2 Å². The number of halogens is 1. The lowest BCUT2D eigenvalue weighted by atomic mass is 10.2. The van der Waals surface area contributed by atoms with E-state index in [-0.39, 0.29) is 17.5 Å². The summed E-state index contributed by atoms with van der Waals surface area (Å²) < 4.78 is 2.08. The van der Waals surface area contributed by atoms with Crippen molar-refractivity contribution in [1.29, 1.82) is 0 Å². The summed E-state index contributed by atoms with van der Waals surface area (Å²) in [5, 5.41) is 0.705. The molecule has 1 atom stereocenters. The fraction of sp³-hybridized carbons (Fsp3) is 0.333. The van der Waals surface area contributed by atoms with E-state index in [1.807, 2.05) is 51.1 Å². The number of benzene rings is 1. The van der Waals surface area contributed by atoms with E-state index in [9.17, 15) is 9.59 Å². The minimum atomic E-state index is -0.199. The van der Waals surface area contributed by atoms with Crippen molar-refractivity contribution >= 4 is 69.0 Å². The number of carbonyl (C=O) groups is 1. The van der Waals surface area contributed by atoms with Crippen molar-refractivity contribution in [3.05, 3.63) is 74.0 Å². The molecule has 3 aromatic rings. The Bertz CT molecular complexity index is 1480. The molecule has 2 aromatic heterocycles. The molecule has 1 unspecified atom stereocenters. The van der Waals surface area contributed by atoms with E-state index >= 15 is 0 Å². The third kappa shape index (κ3) is 5.00. The van der Waals surface area contributed by atoms with Gasteiger partial charge in [-0.1, -0.05) is 54.6 Å². The van der Waals surface area contributed by atoms with Gasteiger partial charge in [-0.25, -0.2) is 4.98 Å². The summed E-state index contributed by atoms with van der Waals surface area (Å²) in [7, 11) is 0. The summed E-state index contributed by atoms with van der Waals surface area (Å²) in [6.45, 7) is 8.80. The normalized spacial score (nSPS) is 18.4. The number of hydrogen-bond donors (Lipinski definition) is 0. The molecular formula is C27H28ClN5O2S2. The molecule has 0 spiro atoms. The van der Waals surface area contributed by atoms with Crippen molar-refractivity contribution in [2.24, 2.45) is 0 Å². The molecule has 10 heteroatoms. The minimum absolute atomic E-state index is 0.00378. The van der Waals surface area contributed by atoms with E-state index in [2.05, 4.69) is 15.9 Å². The molecule has 2 aliphatic rings. The van der Waals surface area contributed by atoms with E-state index in [0.29, 0.717) is 44.4 Å². The summed E-state index contributed by atoms with van der Waals surface area (Å²) >= 11 is 13.0. The molecule has 0 saturated carbocycles. The summed E-state index contributed by atoms with van der Waals surface area (Å²) in [6.07, 6.45) is 4.26. The second kappa shape index (κ2) is 10.5. The number of amides is 1. The minimum Gasteiger partial charge on any atom is -0.368 e. The number of pyridine rings is 1. The van der Waals surface area contributed by atoms with E-state index in [0.717, 1.165) is 30.8 Å². The first-order chi connectivity index (χ1) is 17.8. The lowest BCUT2D eigenvalue weighted by Crippen LogP contribution is -2.47. The van der Waals surface area contributed by atoms with Gasteiger partial charge in [0, 0.05) is 49.1 Å². The molecule has 0 bridgehead atoms. The number of carbonyl (C=O) groups excluding carboxylic acids is 1. The predicted octanol–water partition coefficient (Wildman–Crippen LogP) is 4.98. The summed E-state index contributed by atoms with van der Waals surface area (Å²) in [4.78, 5) is 38.4. The van der Waals surface area contributed by atoms with Crippen LogP contribution in [0.1, 0.15) is 31.4 Å². The molecule has 4 heterocycles. The van der Waals surface area contributed by atoms with Crippen molar-refractivity contribution in [2.75, 3.05) is 36.0 Å². The molecule has 0 aliphatic carbocycles. The Morgan fingerprint density at radius 3 is 2.57 bits per heavy atom. The fourth-order valence-electron chi connectivity index (χ4n) is 4.64. The quantitative estimate of drug-likeness (QED) is 0.326. The number of aryl methyl sites for hydroxylation is 1. The van der Waals surface area contributed by atoms with Gasteiger partial charge in [0.2, 0.25) is 0 Å². The van der Waals surface area contributed by atoms with Gasteiger partial charge in [0.15, 0.2) is 0 Å². The molecule has 0 N–H and O–H groups in total. The van der Waals surface area contributed by atoms with E-state index in [4.69, 9.17) is 28.8 Å². The van der Waals surface area contributed by atoms with Crippen LogP contribution in [0.2, 0.25) is 5.02 Å². The summed E-state index contributed by atoms with van der Waals surface area (Å²) in [5.74, 6) is 0.434. The van der Waals surface area contributed by atoms with Crippen LogP contribution in [0.4, 0.5) is 11.5 Å². The van der Waals surface area contributed by atoms with E-state index in [1.54, 1.807) is 21.6 Å². The summed E-state index contributed by atoms with van der Waals surface area (Å²) in [5.41, 5.74) is 2.81. The Labute approximate surface area is 230 Å². The number of fused-ring (bicyclic) bond motifs is 1. The first-order valence-corrected chi connectivity index (χ1v) is 13.9. The zero-order valence-electron chi connectivity index (χ0n) is 21.0. The number of hydrogen-bond acceptors (Lipinski definition) is 7. The maximum Gasteiger partial charge on any atom is 0.267 e. The largest absolute Gasteiger partial charge is 0.368 e. The number of anilines is 2. The second-order valence-electron chi connectivity index (χ2n) is 9.35. The number of aromatic nitrogens is 2. The van der Waals surface area contributed by atoms with Gasteiger partial charge in [-0.2, -0.15) is 0 Å². The van der Waals surface area contributed by atoms with Crippen LogP contribution >= 0.6 is 35.6 Å². The van der Waals surface area contributed by atoms with Crippen LogP contribution in [0, 0.1) is 6.92 Å². The number of thioether (sulfide) groups is 1. The molecule has 1 aromatic carbocycles. The molecule has 37 heavy (non-hydrogen) atoms. The van der Waals surface area contributed by atoms with Crippen molar-refractivity contribution in [1.82, 2.24) is 14.3 Å². The molecule has 2 saturated heterocycles. The van der Waals surface area contributed by atoms with Crippen molar-refractivity contribution in [2.45, 2.75) is 33.2 Å². The molecule has 192 valence electrons. The zero-order valence-corrected chi connectivity index (χ0v) is 23.4. The van der Waals surface area contributed by atoms with Gasteiger partial charge < -0.3 is 9.80 Å². The lowest BCUT2D eigenvalue weighted by molar-refractivity contribution is -0.123. The highest BCUT2D eigenvalue weighted by Gasteiger charge is 2.35. The van der Waals surface area contributed by atoms with Crippen LogP contribution in [-0.2, 0) is 4.79 Å². The third-order valence-corrected chi connectivity index (χ3v) is 8.43. The highest BCUT2D eigenvalue weighted by molar-refractivity contribution is 8.26. The Balaban J connectivity index is 1.54. The van der Waals surface area contributed by atoms with Crippen molar-refractivity contribution in [3.63, 3.8) is 0 Å². The fourth-order valence-corrected chi connectivity index (χ4v) is 6.27. The lowest BCUT2D eigenvalue weighted by Gasteiger charge is -2.37. The molecule has 5 rings (SSSR count). The van der Waals surface area contributed by atoms with Crippen LogP contribution in [0.15, 0.2) is 52.3 Å². The highest BCUT2D eigenvalue weighted by atomic mass is 35.5. The Kier molecular flexibility index (Phi) is 7.29. The van der Waals surface area contributed by atoms with Gasteiger partial charge in [0.25, 0.3) is 11.5 Å². The number of thiocarbonyl (C=S) groups is 1. The molecule has 2 aliphatic heterocycles. The Hall–Kier alpha value is -2.88. The van der Waals surface area contributed by atoms with Gasteiger partial charge >= 0.3 is 0 Å². The Morgan fingerprint density at radius 1 is 1.14 bits per heavy atom. The van der Waals surface area contributed by atoms with Crippen LogP contribution in [-0.4, -0.2) is 56.7 Å². The predicted molar refractivity (Wildman–Crippen MR) is 157 cm³/mol. The first-order valence-electron chi connectivity index (χ1n) is 12.3. The van der Waals surface area contributed by atoms with E-state index < -0.39 is 0 Å². The Morgan fingerprint density at radius 2 is 1.86 bits per heavy atom. The van der Waals surface area contributed by atoms with Crippen LogP contribution in [0.5, 0.6) is 0 Å². The molecule has 7 nitrogen and oxygen atoms in total. The maximum absolute atomic E-state index is 13.8. The second-order valence-corrected chi connectivity index (χ2v) is 11.5. The van der Waals surface area contributed by atoms with Crippen LogP contribution < -0.4 is 15.4 Å². The molecule has 2 fully saturated rings. The van der Waals surface area contributed by atoms with E-state index in [1.165, 1.54) is 11.8 Å². The van der Waals surface area contributed by atoms with Crippen molar-refractivity contribution < 1.29 is 4.79 Å². The van der Waals surface area contributed by atoms with Gasteiger partial charge in [0.05, 0.1) is 10.5 Å². The van der Waals surface area contributed by atoms with Gasteiger partial charge in [-0.3, -0.25) is 18.9 Å². The first kappa shape index (κ1) is 25.8. The smallest absolute Gasteiger partial charge is 0.267 e. The average Bonchev–Trinajstić information content (AvgIpc) is 3.18. The van der Waals surface area contributed by atoms with Gasteiger partial charge in [-0.05, 0) is 56.2 Å². The highest BCUT2D eigenvalue weighted by Crippen LogP contribution is 2.35. The third-order valence-electron chi connectivity index (χ3n) is 6.87. The molecular weight excluding hydrogens is 526 g/mol. The number of piperazine rings is 1. The number of rotatable bonds is 5. The maximum atomic E-state index is 13.8. The van der Waals surface area contributed by atoms with Crippen LogP contribution in [0.3, 0.4) is 0 Å². The van der Waals surface area contributed by atoms with Gasteiger partial charge in [0.1, 0.15) is 15.8 Å². The molecule has 1 amide bonds. The van der Waals surface area contributed by atoms with Crippen LogP contribution in [0.25, 0.3) is 11.7 Å². The van der Waals surface area contributed by atoms with Crippen molar-refractivity contribution in [3.8, 4) is 0 Å². The van der Waals surface area contributed by atoms with Gasteiger partial charge in [-0.15, -0.1) is 0 Å². The summed E-state index contributed by atoms with van der Waals surface area (Å²) in [6, 6.07) is 11.6. The monoisotopic (exact) mass is 553 g/mol.